The van der Waals surface area contributed by atoms with Gasteiger partial charge in [0.15, 0.2) is 0 Å². The summed E-state index contributed by atoms with van der Waals surface area (Å²) < 4.78 is 0. The number of aryl methyl sites for hydroxylation is 1. The van der Waals surface area contributed by atoms with Gasteiger partial charge in [0.05, 0.1) is 12.5 Å². The molecule has 1 amide bonds. The van der Waals surface area contributed by atoms with Crippen LogP contribution in [0.5, 0.6) is 5.75 Å². The first-order valence-electron chi connectivity index (χ1n) is 8.18. The molecule has 1 atom stereocenters. The highest BCUT2D eigenvalue weighted by atomic mass is 35.5. The number of halogens is 1. The van der Waals surface area contributed by atoms with Gasteiger partial charge in [0, 0.05) is 5.02 Å². The van der Waals surface area contributed by atoms with Crippen molar-refractivity contribution in [2.24, 2.45) is 5.92 Å². The van der Waals surface area contributed by atoms with Gasteiger partial charge in [0.2, 0.25) is 5.91 Å². The first-order chi connectivity index (χ1) is 11.3. The van der Waals surface area contributed by atoms with Crippen molar-refractivity contribution < 1.29 is 9.90 Å². The van der Waals surface area contributed by atoms with Crippen LogP contribution in [-0.4, -0.2) is 11.0 Å². The molecule has 4 heteroatoms. The van der Waals surface area contributed by atoms with E-state index in [4.69, 9.17) is 11.6 Å². The third-order valence-corrected chi connectivity index (χ3v) is 4.19. The van der Waals surface area contributed by atoms with Crippen molar-refractivity contribution in [3.05, 3.63) is 64.2 Å². The molecule has 128 valence electrons. The Labute approximate surface area is 148 Å². The summed E-state index contributed by atoms with van der Waals surface area (Å²) in [5.74, 6) is 0.633. The molecule has 2 rings (SSSR count). The van der Waals surface area contributed by atoms with Crippen molar-refractivity contribution >= 4 is 17.5 Å². The molecule has 0 saturated heterocycles. The predicted molar refractivity (Wildman–Crippen MR) is 98.3 cm³/mol. The largest absolute Gasteiger partial charge is 0.508 e. The topological polar surface area (TPSA) is 49.3 Å². The van der Waals surface area contributed by atoms with E-state index < -0.39 is 0 Å². The fourth-order valence-corrected chi connectivity index (χ4v) is 3.04. The van der Waals surface area contributed by atoms with Crippen LogP contribution in [-0.2, 0) is 11.2 Å². The first kappa shape index (κ1) is 18.3. The number of aromatic hydroxyl groups is 1. The Morgan fingerprint density at radius 3 is 2.42 bits per heavy atom. The summed E-state index contributed by atoms with van der Waals surface area (Å²) in [6.07, 6.45) is 1.16. The molecule has 0 aliphatic rings. The smallest absolute Gasteiger partial charge is 0.224 e. The third-order valence-electron chi connectivity index (χ3n) is 3.95. The fraction of sp³-hybridized carbons (Fsp3) is 0.350. The normalized spacial score (nSPS) is 12.2. The van der Waals surface area contributed by atoms with Crippen molar-refractivity contribution in [1.29, 1.82) is 0 Å². The van der Waals surface area contributed by atoms with Crippen LogP contribution in [0.1, 0.15) is 43.0 Å². The molecule has 0 fully saturated rings. The van der Waals surface area contributed by atoms with Crippen LogP contribution in [0.15, 0.2) is 42.5 Å². The zero-order valence-corrected chi connectivity index (χ0v) is 15.1. The summed E-state index contributed by atoms with van der Waals surface area (Å²) in [4.78, 5) is 12.4. The van der Waals surface area contributed by atoms with Crippen molar-refractivity contribution in [2.45, 2.75) is 39.7 Å². The number of amides is 1. The molecule has 0 aliphatic carbocycles. The van der Waals surface area contributed by atoms with E-state index in [0.29, 0.717) is 17.4 Å². The van der Waals surface area contributed by atoms with Gasteiger partial charge in [-0.15, -0.1) is 0 Å². The van der Waals surface area contributed by atoms with E-state index in [2.05, 4.69) is 19.2 Å². The number of nitrogens with one attached hydrogen (secondary N) is 1. The minimum Gasteiger partial charge on any atom is -0.508 e. The van der Waals surface area contributed by atoms with Gasteiger partial charge in [-0.2, -0.15) is 0 Å². The summed E-state index contributed by atoms with van der Waals surface area (Å²) in [6, 6.07) is 12.5. The van der Waals surface area contributed by atoms with Gasteiger partial charge >= 0.3 is 0 Å². The Hall–Kier alpha value is -2.00. The van der Waals surface area contributed by atoms with Crippen LogP contribution in [0.2, 0.25) is 5.02 Å². The SMILES string of the molecule is Cc1cc(Cl)ccc1C(CC(C)C)NC(=O)Cc1ccc(O)cc1. The van der Waals surface area contributed by atoms with E-state index in [1.165, 1.54) is 0 Å². The molecule has 0 spiro atoms. The van der Waals surface area contributed by atoms with Crippen molar-refractivity contribution in [2.75, 3.05) is 0 Å². The Morgan fingerprint density at radius 2 is 1.83 bits per heavy atom. The lowest BCUT2D eigenvalue weighted by atomic mass is 9.93. The zero-order chi connectivity index (χ0) is 17.7. The predicted octanol–water partition coefficient (Wildman–Crippen LogP) is 4.80. The van der Waals surface area contributed by atoms with E-state index in [9.17, 15) is 9.90 Å². The van der Waals surface area contributed by atoms with E-state index >= 15 is 0 Å². The second kappa shape index (κ2) is 8.20. The number of hydrogen-bond donors (Lipinski definition) is 2. The minimum atomic E-state index is -0.0353. The maximum absolute atomic E-state index is 12.4. The number of hydrogen-bond acceptors (Lipinski definition) is 2. The highest BCUT2D eigenvalue weighted by Gasteiger charge is 2.18. The monoisotopic (exact) mass is 345 g/mol. The second-order valence-electron chi connectivity index (χ2n) is 6.59. The molecule has 0 saturated carbocycles. The molecule has 0 aliphatic heterocycles. The number of phenols is 1. The van der Waals surface area contributed by atoms with Crippen LogP contribution in [0.4, 0.5) is 0 Å². The number of carbonyl (C=O) groups is 1. The Balaban J connectivity index is 2.13. The number of benzene rings is 2. The highest BCUT2D eigenvalue weighted by molar-refractivity contribution is 6.30. The number of rotatable bonds is 6. The average Bonchev–Trinajstić information content (AvgIpc) is 2.48. The third kappa shape index (κ3) is 5.27. The van der Waals surface area contributed by atoms with Crippen molar-refractivity contribution in [1.82, 2.24) is 5.32 Å². The quantitative estimate of drug-likeness (QED) is 0.790. The number of phenolic OH excluding ortho intramolecular Hbond substituents is 1. The van der Waals surface area contributed by atoms with E-state index in [-0.39, 0.29) is 17.7 Å². The summed E-state index contributed by atoms with van der Waals surface area (Å²) >= 11 is 6.05. The van der Waals surface area contributed by atoms with Gasteiger partial charge in [-0.05, 0) is 60.2 Å². The lowest BCUT2D eigenvalue weighted by Gasteiger charge is -2.23. The summed E-state index contributed by atoms with van der Waals surface area (Å²) in [6.45, 7) is 6.30. The van der Waals surface area contributed by atoms with Crippen molar-refractivity contribution in [3.8, 4) is 5.75 Å². The fourth-order valence-electron chi connectivity index (χ4n) is 2.81. The van der Waals surface area contributed by atoms with Crippen LogP contribution in [0, 0.1) is 12.8 Å². The molecule has 0 aromatic heterocycles. The maximum atomic E-state index is 12.4. The average molecular weight is 346 g/mol. The molecule has 1 unspecified atom stereocenters. The molecule has 2 aromatic carbocycles. The summed E-state index contributed by atoms with van der Waals surface area (Å²) in [5.41, 5.74) is 3.06. The maximum Gasteiger partial charge on any atom is 0.224 e. The lowest BCUT2D eigenvalue weighted by Crippen LogP contribution is -2.31. The van der Waals surface area contributed by atoms with Gasteiger partial charge in [-0.3, -0.25) is 4.79 Å². The highest BCUT2D eigenvalue weighted by Crippen LogP contribution is 2.26. The molecule has 3 nitrogen and oxygen atoms in total. The molecular weight excluding hydrogens is 322 g/mol. The second-order valence-corrected chi connectivity index (χ2v) is 7.03. The van der Waals surface area contributed by atoms with Crippen LogP contribution in [0.3, 0.4) is 0 Å². The molecular formula is C20H24ClNO2. The zero-order valence-electron chi connectivity index (χ0n) is 14.3. The van der Waals surface area contributed by atoms with Gasteiger partial charge < -0.3 is 10.4 Å². The Morgan fingerprint density at radius 1 is 1.17 bits per heavy atom. The van der Waals surface area contributed by atoms with Crippen LogP contribution < -0.4 is 5.32 Å². The molecule has 0 radical (unpaired) electrons. The molecule has 2 N–H and O–H groups in total. The van der Waals surface area contributed by atoms with Gasteiger partial charge in [-0.1, -0.05) is 43.6 Å². The minimum absolute atomic E-state index is 0.0271. The summed E-state index contributed by atoms with van der Waals surface area (Å²) in [7, 11) is 0. The van der Waals surface area contributed by atoms with E-state index in [1.807, 2.05) is 25.1 Å². The van der Waals surface area contributed by atoms with E-state index in [1.54, 1.807) is 24.3 Å². The molecule has 24 heavy (non-hydrogen) atoms. The van der Waals surface area contributed by atoms with Crippen LogP contribution >= 0.6 is 11.6 Å². The summed E-state index contributed by atoms with van der Waals surface area (Å²) in [5, 5.41) is 13.2. The molecule has 0 bridgehead atoms. The molecule has 2 aromatic rings. The Kier molecular flexibility index (Phi) is 6.27. The number of carbonyl (C=O) groups excluding carboxylic acids is 1. The van der Waals surface area contributed by atoms with Crippen LogP contribution in [0.25, 0.3) is 0 Å². The van der Waals surface area contributed by atoms with Gasteiger partial charge in [0.1, 0.15) is 5.75 Å². The Bertz CT molecular complexity index is 695. The van der Waals surface area contributed by atoms with Gasteiger partial charge in [-0.25, -0.2) is 0 Å². The van der Waals surface area contributed by atoms with Gasteiger partial charge in [0.25, 0.3) is 0 Å². The van der Waals surface area contributed by atoms with E-state index in [0.717, 1.165) is 23.1 Å². The lowest BCUT2D eigenvalue weighted by molar-refractivity contribution is -0.121. The molecule has 0 heterocycles. The van der Waals surface area contributed by atoms with Crippen molar-refractivity contribution in [3.63, 3.8) is 0 Å². The standard InChI is InChI=1S/C20H24ClNO2/c1-13(2)10-19(18-9-6-16(21)11-14(18)3)22-20(24)12-15-4-7-17(23)8-5-15/h4-9,11,13,19,23H,10,12H2,1-3H3,(H,22,24). The first-order valence-corrected chi connectivity index (χ1v) is 8.56.